The van der Waals surface area contributed by atoms with E-state index in [9.17, 15) is 4.39 Å². The molecule has 0 bridgehead atoms. The first kappa shape index (κ1) is 18.8. The van der Waals surface area contributed by atoms with Crippen molar-refractivity contribution in [3.63, 3.8) is 0 Å². The highest BCUT2D eigenvalue weighted by molar-refractivity contribution is 6.04. The maximum Gasteiger partial charge on any atom is 0.187 e. The molecule has 9 heteroatoms. The Kier molecular flexibility index (Phi) is 4.35. The summed E-state index contributed by atoms with van der Waals surface area (Å²) in [5, 5.41) is 7.68. The highest BCUT2D eigenvalue weighted by Crippen LogP contribution is 2.44. The Morgan fingerprint density at radius 1 is 1.37 bits per heavy atom. The van der Waals surface area contributed by atoms with Gasteiger partial charge in [-0.1, -0.05) is 0 Å². The summed E-state index contributed by atoms with van der Waals surface area (Å²) in [6.45, 7) is 3.92. The number of ether oxygens (including phenoxy) is 1. The molecule has 2 aromatic heterocycles. The van der Waals surface area contributed by atoms with Crippen molar-refractivity contribution in [3.05, 3.63) is 53.6 Å². The van der Waals surface area contributed by atoms with Crippen LogP contribution in [0.25, 0.3) is 5.65 Å². The second-order valence-electron chi connectivity index (χ2n) is 7.88. The van der Waals surface area contributed by atoms with Gasteiger partial charge in [-0.15, -0.1) is 0 Å². The fourth-order valence-corrected chi connectivity index (χ4v) is 3.79. The number of hydrogen-bond acceptors (Lipinski definition) is 7. The largest absolute Gasteiger partial charge is 0.496 e. The van der Waals surface area contributed by atoms with Gasteiger partial charge in [0.25, 0.3) is 0 Å². The molecule has 0 amide bonds. The number of nitrogens with one attached hydrogen (secondary N) is 2. The molecular formula is C21H23FN6O2. The molecular weight excluding hydrogens is 387 g/mol. The Bertz CT molecular complexity index is 1140. The van der Waals surface area contributed by atoms with Crippen LogP contribution in [0.5, 0.6) is 5.75 Å². The molecule has 2 aliphatic rings. The predicted octanol–water partition coefficient (Wildman–Crippen LogP) is 3.46. The Balaban J connectivity index is 1.44. The van der Waals surface area contributed by atoms with Gasteiger partial charge in [-0.3, -0.25) is 0 Å². The molecule has 8 nitrogen and oxygen atoms in total. The second-order valence-corrected chi connectivity index (χ2v) is 7.88. The minimum absolute atomic E-state index is 0.222. The lowest BCUT2D eigenvalue weighted by Crippen LogP contribution is -2.28. The second kappa shape index (κ2) is 6.94. The molecule has 2 N–H and O–H groups in total. The molecule has 2 atom stereocenters. The summed E-state index contributed by atoms with van der Waals surface area (Å²) >= 11 is 0. The zero-order valence-electron chi connectivity index (χ0n) is 17.0. The van der Waals surface area contributed by atoms with Crippen molar-refractivity contribution in [2.24, 2.45) is 10.9 Å². The standard InChI is InChI=1S/C21H23FN6O2/c1-12(15-10-14(22)6-7-17(15)29-3)24-18-8-9-28-20(25-18)16(11-23-28)19-26-21(2,30-27-19)13-4-5-13/h6-13H,4-5H2,1-3H3,(H,24,25)(H,26,27)/t12-,21?/m1/s1. The van der Waals surface area contributed by atoms with Crippen LogP contribution in [0.3, 0.4) is 0 Å². The van der Waals surface area contributed by atoms with Crippen molar-refractivity contribution in [1.29, 1.82) is 0 Å². The average molecular weight is 410 g/mol. The van der Waals surface area contributed by atoms with Crippen molar-refractivity contribution in [2.45, 2.75) is 38.5 Å². The molecule has 1 saturated carbocycles. The summed E-state index contributed by atoms with van der Waals surface area (Å²) in [6, 6.07) is 6.06. The number of benzene rings is 1. The molecule has 0 saturated heterocycles. The third-order valence-electron chi connectivity index (χ3n) is 5.67. The van der Waals surface area contributed by atoms with Crippen LogP contribution in [0.1, 0.15) is 43.9 Å². The molecule has 1 aliphatic heterocycles. The monoisotopic (exact) mass is 410 g/mol. The van der Waals surface area contributed by atoms with Gasteiger partial charge in [0, 0.05) is 17.7 Å². The number of hydrogen-bond donors (Lipinski definition) is 2. The number of hydroxylamine groups is 1. The van der Waals surface area contributed by atoms with Gasteiger partial charge < -0.3 is 10.1 Å². The zero-order valence-corrected chi connectivity index (χ0v) is 17.0. The van der Waals surface area contributed by atoms with Crippen LogP contribution in [-0.4, -0.2) is 33.3 Å². The van der Waals surface area contributed by atoms with Crippen LogP contribution in [0.2, 0.25) is 0 Å². The third kappa shape index (κ3) is 3.24. The van der Waals surface area contributed by atoms with Gasteiger partial charge in [0.15, 0.2) is 17.2 Å². The Labute approximate surface area is 173 Å². The van der Waals surface area contributed by atoms with Gasteiger partial charge in [-0.25, -0.2) is 29.2 Å². The Hall–Kier alpha value is -3.20. The van der Waals surface area contributed by atoms with Gasteiger partial charge >= 0.3 is 0 Å². The highest BCUT2D eigenvalue weighted by atomic mass is 19.1. The van der Waals surface area contributed by atoms with E-state index in [1.54, 1.807) is 23.9 Å². The van der Waals surface area contributed by atoms with Gasteiger partial charge in [0.05, 0.1) is 24.9 Å². The summed E-state index contributed by atoms with van der Waals surface area (Å²) in [5.74, 6) is 2.00. The summed E-state index contributed by atoms with van der Waals surface area (Å²) in [7, 11) is 1.57. The summed E-state index contributed by atoms with van der Waals surface area (Å²) in [6.07, 6.45) is 5.79. The van der Waals surface area contributed by atoms with Gasteiger partial charge in [0.1, 0.15) is 17.4 Å². The van der Waals surface area contributed by atoms with Crippen LogP contribution >= 0.6 is 0 Å². The van der Waals surface area contributed by atoms with Crippen LogP contribution < -0.4 is 15.5 Å². The number of methoxy groups -OCH3 is 1. The van der Waals surface area contributed by atoms with Crippen LogP contribution in [0, 0.1) is 11.7 Å². The van der Waals surface area contributed by atoms with Crippen molar-refractivity contribution in [2.75, 3.05) is 12.4 Å². The topological polar surface area (TPSA) is 85.1 Å². The maximum atomic E-state index is 13.8. The van der Waals surface area contributed by atoms with Crippen LogP contribution in [0.4, 0.5) is 10.2 Å². The van der Waals surface area contributed by atoms with Crippen LogP contribution in [0.15, 0.2) is 41.7 Å². The fraction of sp³-hybridized carbons (Fsp3) is 0.381. The molecule has 1 aliphatic carbocycles. The lowest BCUT2D eigenvalue weighted by atomic mass is 10.1. The minimum atomic E-state index is -0.540. The number of aromatic nitrogens is 3. The molecule has 156 valence electrons. The first-order valence-electron chi connectivity index (χ1n) is 9.95. The first-order chi connectivity index (χ1) is 14.5. The number of fused-ring (bicyclic) bond motifs is 1. The van der Waals surface area contributed by atoms with E-state index in [4.69, 9.17) is 19.6 Å². The van der Waals surface area contributed by atoms with E-state index in [-0.39, 0.29) is 11.9 Å². The van der Waals surface area contributed by atoms with Crippen molar-refractivity contribution in [3.8, 4) is 5.75 Å². The maximum absolute atomic E-state index is 13.8. The highest BCUT2D eigenvalue weighted by Gasteiger charge is 2.46. The summed E-state index contributed by atoms with van der Waals surface area (Å²) < 4.78 is 20.8. The number of rotatable bonds is 6. The van der Waals surface area contributed by atoms with E-state index < -0.39 is 5.72 Å². The quantitative estimate of drug-likeness (QED) is 0.647. The number of anilines is 1. The molecule has 3 aromatic rings. The average Bonchev–Trinajstić information content (AvgIpc) is 3.42. The van der Waals surface area contributed by atoms with Gasteiger partial charge in [0.2, 0.25) is 0 Å². The molecule has 1 aromatic carbocycles. The Morgan fingerprint density at radius 2 is 2.20 bits per heavy atom. The van der Waals surface area contributed by atoms with E-state index >= 15 is 0 Å². The molecule has 0 spiro atoms. The molecule has 1 fully saturated rings. The molecule has 0 radical (unpaired) electrons. The lowest BCUT2D eigenvalue weighted by Gasteiger charge is -2.18. The Morgan fingerprint density at radius 3 is 2.97 bits per heavy atom. The van der Waals surface area contributed by atoms with Gasteiger partial charge in [-0.05, 0) is 51.0 Å². The van der Waals surface area contributed by atoms with Crippen molar-refractivity contribution < 1.29 is 14.0 Å². The third-order valence-corrected chi connectivity index (χ3v) is 5.67. The molecule has 1 unspecified atom stereocenters. The van der Waals surface area contributed by atoms with E-state index in [1.807, 2.05) is 26.1 Å². The number of nitrogens with zero attached hydrogens (tertiary/aromatic N) is 4. The molecule has 30 heavy (non-hydrogen) atoms. The first-order valence-corrected chi connectivity index (χ1v) is 9.95. The van der Waals surface area contributed by atoms with Crippen molar-refractivity contribution in [1.82, 2.24) is 20.1 Å². The number of halogens is 1. The minimum Gasteiger partial charge on any atom is -0.496 e. The zero-order chi connectivity index (χ0) is 20.9. The van der Waals surface area contributed by atoms with Crippen LogP contribution in [-0.2, 0) is 4.84 Å². The number of amidine groups is 1. The fourth-order valence-electron chi connectivity index (χ4n) is 3.79. The van der Waals surface area contributed by atoms with Gasteiger partial charge in [-0.2, -0.15) is 5.10 Å². The van der Waals surface area contributed by atoms with Crippen molar-refractivity contribution >= 4 is 17.3 Å². The predicted molar refractivity (Wildman–Crippen MR) is 110 cm³/mol. The smallest absolute Gasteiger partial charge is 0.187 e. The van der Waals surface area contributed by atoms with E-state index in [0.29, 0.717) is 34.5 Å². The normalized spacial score (nSPS) is 21.9. The lowest BCUT2D eigenvalue weighted by molar-refractivity contribution is -0.0560. The van der Waals surface area contributed by atoms with E-state index in [0.717, 1.165) is 18.4 Å². The summed E-state index contributed by atoms with van der Waals surface area (Å²) in [5.41, 5.74) is 4.53. The summed E-state index contributed by atoms with van der Waals surface area (Å²) in [4.78, 5) is 15.2. The molecule has 5 rings (SSSR count). The van der Waals surface area contributed by atoms with E-state index in [2.05, 4.69) is 15.9 Å². The molecule has 3 heterocycles. The van der Waals surface area contributed by atoms with E-state index in [1.165, 1.54) is 12.1 Å². The number of aliphatic imine (C=N–C) groups is 1. The SMILES string of the molecule is COc1ccc(F)cc1[C@@H](C)Nc1ccn2ncc(C3=NC(C)(C4CC4)ON3)c2n1.